The number of carbonyl (C=O) groups excluding carboxylic acids is 2. The van der Waals surface area contributed by atoms with Crippen molar-refractivity contribution in [1.82, 2.24) is 20.7 Å². The third kappa shape index (κ3) is 3.10. The van der Waals surface area contributed by atoms with Gasteiger partial charge in [-0.1, -0.05) is 12.1 Å². The summed E-state index contributed by atoms with van der Waals surface area (Å²) < 4.78 is 14.0. The van der Waals surface area contributed by atoms with Crippen molar-refractivity contribution in [1.29, 1.82) is 0 Å². The molecule has 0 aliphatic carbocycles. The molecule has 3 N–H and O–H groups in total. The van der Waals surface area contributed by atoms with Crippen LogP contribution in [-0.2, 0) is 16.0 Å². The lowest BCUT2D eigenvalue weighted by molar-refractivity contribution is -0.158. The molecule has 2 fully saturated rings. The number of phenolic OH excluding ortho intramolecular Hbond substituents is 1. The monoisotopic (exact) mass is 334 g/mol. The Bertz CT molecular complexity index is 681. The summed E-state index contributed by atoms with van der Waals surface area (Å²) in [5, 5.41) is 13.8. The minimum Gasteiger partial charge on any atom is -0.508 e. The van der Waals surface area contributed by atoms with Crippen LogP contribution in [0.15, 0.2) is 30.9 Å². The molecule has 128 valence electrons. The van der Waals surface area contributed by atoms with E-state index in [0.717, 1.165) is 6.07 Å². The topological polar surface area (TPSA) is 84.9 Å². The number of nitrogens with one attached hydrogen (secondary N) is 2. The van der Waals surface area contributed by atoms with E-state index >= 15 is 0 Å². The van der Waals surface area contributed by atoms with Crippen LogP contribution in [0.2, 0.25) is 0 Å². The summed E-state index contributed by atoms with van der Waals surface area (Å²) in [4.78, 5) is 26.2. The Morgan fingerprint density at radius 2 is 2.21 bits per heavy atom. The molecule has 2 atom stereocenters. The first-order valence-corrected chi connectivity index (χ1v) is 7.68. The SMILES string of the molecule is C=CCN1CC(=O)N2C(CNC(=O)C2Cc2ccc(O)cc2F)N1. The summed E-state index contributed by atoms with van der Waals surface area (Å²) in [7, 11) is 0. The number of phenols is 1. The fourth-order valence-corrected chi connectivity index (χ4v) is 3.09. The van der Waals surface area contributed by atoms with Crippen molar-refractivity contribution in [2.24, 2.45) is 0 Å². The van der Waals surface area contributed by atoms with Crippen LogP contribution in [0.25, 0.3) is 0 Å². The second kappa shape index (κ2) is 6.58. The zero-order valence-corrected chi connectivity index (χ0v) is 13.0. The van der Waals surface area contributed by atoms with Crippen LogP contribution >= 0.6 is 0 Å². The van der Waals surface area contributed by atoms with Crippen LogP contribution in [0.4, 0.5) is 4.39 Å². The molecular weight excluding hydrogens is 315 g/mol. The molecule has 0 saturated carbocycles. The van der Waals surface area contributed by atoms with E-state index in [0.29, 0.717) is 6.54 Å². The van der Waals surface area contributed by atoms with Crippen LogP contribution in [0.5, 0.6) is 5.75 Å². The Kier molecular flexibility index (Phi) is 4.50. The number of carbonyl (C=O) groups is 2. The second-order valence-electron chi connectivity index (χ2n) is 5.86. The summed E-state index contributed by atoms with van der Waals surface area (Å²) in [6.45, 7) is 4.55. The first kappa shape index (κ1) is 16.4. The zero-order valence-electron chi connectivity index (χ0n) is 13.0. The quantitative estimate of drug-likeness (QED) is 0.661. The van der Waals surface area contributed by atoms with E-state index in [1.54, 1.807) is 11.1 Å². The molecule has 1 aromatic carbocycles. The van der Waals surface area contributed by atoms with Gasteiger partial charge in [-0.2, -0.15) is 0 Å². The Balaban J connectivity index is 1.82. The van der Waals surface area contributed by atoms with Gasteiger partial charge in [0.25, 0.3) is 0 Å². The normalized spacial score (nSPS) is 24.5. The summed E-state index contributed by atoms with van der Waals surface area (Å²) in [5.41, 5.74) is 3.44. The number of halogens is 1. The number of nitrogens with zero attached hydrogens (tertiary/aromatic N) is 2. The van der Waals surface area contributed by atoms with Crippen LogP contribution < -0.4 is 10.7 Å². The molecule has 2 saturated heterocycles. The Labute approximate surface area is 138 Å². The molecule has 3 rings (SSSR count). The zero-order chi connectivity index (χ0) is 17.3. The predicted octanol–water partition coefficient (Wildman–Crippen LogP) is -0.267. The van der Waals surface area contributed by atoms with E-state index in [1.807, 2.05) is 0 Å². The lowest BCUT2D eigenvalue weighted by Gasteiger charge is -2.47. The van der Waals surface area contributed by atoms with Gasteiger partial charge in [0.05, 0.1) is 13.1 Å². The van der Waals surface area contributed by atoms with Crippen LogP contribution in [-0.4, -0.2) is 58.7 Å². The van der Waals surface area contributed by atoms with Gasteiger partial charge in [0.1, 0.15) is 23.8 Å². The van der Waals surface area contributed by atoms with Crippen molar-refractivity contribution in [3.05, 3.63) is 42.2 Å². The van der Waals surface area contributed by atoms with E-state index in [4.69, 9.17) is 0 Å². The highest BCUT2D eigenvalue weighted by atomic mass is 19.1. The standard InChI is InChI=1S/C16H19FN4O3/c1-2-5-20-9-15(23)21-13(16(24)18-8-14(21)19-20)6-10-3-4-11(22)7-12(10)17/h2-4,7,13-14,19,22H,1,5-6,8-9H2,(H,18,24). The van der Waals surface area contributed by atoms with Crippen molar-refractivity contribution in [2.75, 3.05) is 19.6 Å². The number of piperazine rings is 1. The van der Waals surface area contributed by atoms with Crippen molar-refractivity contribution in [3.63, 3.8) is 0 Å². The summed E-state index contributed by atoms with van der Waals surface area (Å²) in [6.07, 6.45) is 1.35. The molecule has 8 heteroatoms. The van der Waals surface area contributed by atoms with E-state index in [9.17, 15) is 19.1 Å². The van der Waals surface area contributed by atoms with E-state index < -0.39 is 11.9 Å². The Morgan fingerprint density at radius 3 is 2.92 bits per heavy atom. The van der Waals surface area contributed by atoms with Gasteiger partial charge >= 0.3 is 0 Å². The molecule has 2 unspecified atom stereocenters. The molecule has 2 aliphatic heterocycles. The molecule has 2 aliphatic rings. The molecule has 24 heavy (non-hydrogen) atoms. The van der Waals surface area contributed by atoms with Crippen molar-refractivity contribution in [2.45, 2.75) is 18.6 Å². The van der Waals surface area contributed by atoms with Gasteiger partial charge in [-0.3, -0.25) is 9.59 Å². The van der Waals surface area contributed by atoms with Crippen molar-refractivity contribution < 1.29 is 19.1 Å². The number of hydrogen-bond donors (Lipinski definition) is 3. The largest absolute Gasteiger partial charge is 0.508 e. The van der Waals surface area contributed by atoms with Gasteiger partial charge in [0.15, 0.2) is 0 Å². The van der Waals surface area contributed by atoms with Crippen LogP contribution in [0.3, 0.4) is 0 Å². The Morgan fingerprint density at radius 1 is 1.42 bits per heavy atom. The number of benzene rings is 1. The maximum absolute atomic E-state index is 14.0. The molecule has 2 amide bonds. The van der Waals surface area contributed by atoms with Gasteiger partial charge < -0.3 is 15.3 Å². The predicted molar refractivity (Wildman–Crippen MR) is 84.1 cm³/mol. The number of aromatic hydroxyl groups is 1. The summed E-state index contributed by atoms with van der Waals surface area (Å²) in [5.74, 6) is -1.29. The number of hydrogen-bond acceptors (Lipinski definition) is 5. The second-order valence-corrected chi connectivity index (χ2v) is 5.86. The first-order chi connectivity index (χ1) is 11.5. The van der Waals surface area contributed by atoms with E-state index in [-0.39, 0.29) is 48.8 Å². The maximum atomic E-state index is 14.0. The van der Waals surface area contributed by atoms with Gasteiger partial charge in [0, 0.05) is 19.0 Å². The average Bonchev–Trinajstić information content (AvgIpc) is 2.52. The minimum atomic E-state index is -0.798. The van der Waals surface area contributed by atoms with Gasteiger partial charge in [-0.15, -0.1) is 6.58 Å². The highest BCUT2D eigenvalue weighted by Gasteiger charge is 2.43. The fourth-order valence-electron chi connectivity index (χ4n) is 3.09. The molecule has 1 aromatic rings. The molecule has 0 bridgehead atoms. The smallest absolute Gasteiger partial charge is 0.243 e. The number of hydrazine groups is 1. The van der Waals surface area contributed by atoms with Crippen LogP contribution in [0.1, 0.15) is 5.56 Å². The highest BCUT2D eigenvalue weighted by Crippen LogP contribution is 2.22. The number of rotatable bonds is 4. The number of fused-ring (bicyclic) bond motifs is 1. The van der Waals surface area contributed by atoms with Crippen molar-refractivity contribution in [3.8, 4) is 5.75 Å². The van der Waals surface area contributed by atoms with Crippen LogP contribution in [0, 0.1) is 5.82 Å². The van der Waals surface area contributed by atoms with Gasteiger partial charge in [0.2, 0.25) is 11.8 Å². The third-order valence-electron chi connectivity index (χ3n) is 4.19. The lowest BCUT2D eigenvalue weighted by Crippen LogP contribution is -2.73. The molecule has 2 heterocycles. The van der Waals surface area contributed by atoms with Gasteiger partial charge in [-0.05, 0) is 11.6 Å². The molecule has 7 nitrogen and oxygen atoms in total. The molecular formula is C16H19FN4O3. The Hall–Kier alpha value is -2.45. The fraction of sp³-hybridized carbons (Fsp3) is 0.375. The maximum Gasteiger partial charge on any atom is 0.243 e. The summed E-state index contributed by atoms with van der Waals surface area (Å²) >= 11 is 0. The third-order valence-corrected chi connectivity index (χ3v) is 4.19. The van der Waals surface area contributed by atoms with E-state index in [1.165, 1.54) is 17.0 Å². The first-order valence-electron chi connectivity index (χ1n) is 7.68. The molecule has 0 spiro atoms. The molecule has 0 aromatic heterocycles. The lowest BCUT2D eigenvalue weighted by atomic mass is 10.00. The van der Waals surface area contributed by atoms with Gasteiger partial charge in [-0.25, -0.2) is 14.8 Å². The molecule has 0 radical (unpaired) electrons. The highest BCUT2D eigenvalue weighted by molar-refractivity contribution is 5.90. The average molecular weight is 334 g/mol. The minimum absolute atomic E-state index is 0.0450. The van der Waals surface area contributed by atoms with E-state index in [2.05, 4.69) is 17.3 Å². The number of amides is 2. The van der Waals surface area contributed by atoms with Crippen molar-refractivity contribution >= 4 is 11.8 Å². The summed E-state index contributed by atoms with van der Waals surface area (Å²) in [6, 6.07) is 2.98.